The third kappa shape index (κ3) is 2.05. The summed E-state index contributed by atoms with van der Waals surface area (Å²) in [6, 6.07) is 0. The predicted octanol–water partition coefficient (Wildman–Crippen LogP) is 2.33. The average Bonchev–Trinajstić information content (AvgIpc) is 2.70. The lowest BCUT2D eigenvalue weighted by molar-refractivity contribution is 0.780. The molecule has 1 N–H and O–H groups in total. The minimum atomic E-state index is 0.557. The maximum absolute atomic E-state index is 4.49. The number of hydrogen-bond donors (Lipinski definition) is 1. The summed E-state index contributed by atoms with van der Waals surface area (Å²) in [7, 11) is 0. The molecule has 1 aromatic rings. The number of hydrogen-bond acceptors (Lipinski definition) is 3. The van der Waals surface area contributed by atoms with Gasteiger partial charge in [0, 0.05) is 6.42 Å². The SMILES string of the molecule is CCCc1nc(C2CCCS2)n[nH]1. The fraction of sp³-hybridized carbons (Fsp3) is 0.778. The van der Waals surface area contributed by atoms with Crippen LogP contribution in [0.4, 0.5) is 0 Å². The van der Waals surface area contributed by atoms with Gasteiger partial charge >= 0.3 is 0 Å². The molecular weight excluding hydrogens is 182 g/mol. The van der Waals surface area contributed by atoms with Crippen molar-refractivity contribution >= 4 is 11.8 Å². The van der Waals surface area contributed by atoms with Crippen molar-refractivity contribution in [3.05, 3.63) is 11.6 Å². The van der Waals surface area contributed by atoms with Gasteiger partial charge in [0.1, 0.15) is 5.82 Å². The highest BCUT2D eigenvalue weighted by molar-refractivity contribution is 7.99. The second-order valence-corrected chi connectivity index (χ2v) is 4.70. The highest BCUT2D eigenvalue weighted by atomic mass is 32.2. The summed E-state index contributed by atoms with van der Waals surface area (Å²) in [5.41, 5.74) is 0. The van der Waals surface area contributed by atoms with Crippen molar-refractivity contribution in [1.29, 1.82) is 0 Å². The Bertz CT molecular complexity index is 266. The maximum Gasteiger partial charge on any atom is 0.163 e. The number of aryl methyl sites for hydroxylation is 1. The van der Waals surface area contributed by atoms with Gasteiger partial charge < -0.3 is 0 Å². The molecule has 4 heteroatoms. The van der Waals surface area contributed by atoms with Gasteiger partial charge in [-0.15, -0.1) is 0 Å². The van der Waals surface area contributed by atoms with Crippen molar-refractivity contribution < 1.29 is 0 Å². The number of aromatic nitrogens is 3. The summed E-state index contributed by atoms with van der Waals surface area (Å²) in [5, 5.41) is 7.83. The first-order valence-electron chi connectivity index (χ1n) is 4.93. The average molecular weight is 197 g/mol. The normalized spacial score (nSPS) is 22.4. The Morgan fingerprint density at radius 2 is 2.54 bits per heavy atom. The van der Waals surface area contributed by atoms with E-state index in [1.54, 1.807) is 0 Å². The Balaban J connectivity index is 2.03. The van der Waals surface area contributed by atoms with Gasteiger partial charge in [-0.25, -0.2) is 4.98 Å². The summed E-state index contributed by atoms with van der Waals surface area (Å²) in [6.07, 6.45) is 4.71. The molecule has 1 aromatic heterocycles. The molecule has 0 bridgehead atoms. The molecule has 1 atom stereocenters. The van der Waals surface area contributed by atoms with Gasteiger partial charge in [0.15, 0.2) is 5.82 Å². The summed E-state index contributed by atoms with van der Waals surface area (Å²) in [5.74, 6) is 3.33. The number of nitrogens with one attached hydrogen (secondary N) is 1. The molecule has 1 aliphatic heterocycles. The lowest BCUT2D eigenvalue weighted by Gasteiger charge is -1.99. The second-order valence-electron chi connectivity index (χ2n) is 3.39. The highest BCUT2D eigenvalue weighted by Crippen LogP contribution is 2.37. The van der Waals surface area contributed by atoms with Gasteiger partial charge in [-0.1, -0.05) is 6.92 Å². The Kier molecular flexibility index (Phi) is 2.88. The van der Waals surface area contributed by atoms with E-state index < -0.39 is 0 Å². The predicted molar refractivity (Wildman–Crippen MR) is 54.8 cm³/mol. The fourth-order valence-electron chi connectivity index (χ4n) is 1.58. The zero-order valence-corrected chi connectivity index (χ0v) is 8.73. The molecule has 0 spiro atoms. The number of thioether (sulfide) groups is 1. The van der Waals surface area contributed by atoms with Crippen LogP contribution in [0.15, 0.2) is 0 Å². The Morgan fingerprint density at radius 1 is 1.62 bits per heavy atom. The second kappa shape index (κ2) is 4.13. The van der Waals surface area contributed by atoms with Crippen LogP contribution >= 0.6 is 11.8 Å². The molecule has 1 unspecified atom stereocenters. The van der Waals surface area contributed by atoms with Crippen molar-refractivity contribution in [2.24, 2.45) is 0 Å². The van der Waals surface area contributed by atoms with Crippen LogP contribution in [-0.2, 0) is 6.42 Å². The zero-order chi connectivity index (χ0) is 9.10. The van der Waals surface area contributed by atoms with Gasteiger partial charge in [0.25, 0.3) is 0 Å². The third-order valence-corrected chi connectivity index (χ3v) is 3.63. The largest absolute Gasteiger partial charge is 0.263 e. The summed E-state index contributed by atoms with van der Waals surface area (Å²) < 4.78 is 0. The number of nitrogens with zero attached hydrogens (tertiary/aromatic N) is 2. The van der Waals surface area contributed by atoms with Crippen LogP contribution in [0.25, 0.3) is 0 Å². The first kappa shape index (κ1) is 9.06. The molecule has 1 aliphatic rings. The first-order chi connectivity index (χ1) is 6.40. The Hall–Kier alpha value is -0.510. The van der Waals surface area contributed by atoms with Crippen molar-refractivity contribution in [3.8, 4) is 0 Å². The summed E-state index contributed by atoms with van der Waals surface area (Å²) in [6.45, 7) is 2.16. The molecule has 0 aliphatic carbocycles. The van der Waals surface area contributed by atoms with Crippen LogP contribution in [0.2, 0.25) is 0 Å². The molecule has 0 amide bonds. The monoisotopic (exact) mass is 197 g/mol. The molecule has 3 nitrogen and oxygen atoms in total. The van der Waals surface area contributed by atoms with E-state index in [0.29, 0.717) is 5.25 Å². The van der Waals surface area contributed by atoms with Crippen LogP contribution in [-0.4, -0.2) is 20.9 Å². The van der Waals surface area contributed by atoms with Crippen LogP contribution < -0.4 is 0 Å². The smallest absolute Gasteiger partial charge is 0.163 e. The highest BCUT2D eigenvalue weighted by Gasteiger charge is 2.21. The van der Waals surface area contributed by atoms with Crippen molar-refractivity contribution in [2.45, 2.75) is 37.9 Å². The molecule has 0 radical (unpaired) electrons. The van der Waals surface area contributed by atoms with E-state index in [-0.39, 0.29) is 0 Å². The van der Waals surface area contributed by atoms with E-state index in [9.17, 15) is 0 Å². The van der Waals surface area contributed by atoms with E-state index in [2.05, 4.69) is 22.1 Å². The van der Waals surface area contributed by atoms with Gasteiger partial charge in [-0.2, -0.15) is 16.9 Å². The number of aromatic amines is 1. The van der Waals surface area contributed by atoms with Crippen LogP contribution in [0.1, 0.15) is 43.1 Å². The topological polar surface area (TPSA) is 41.6 Å². The molecule has 72 valence electrons. The number of H-pyrrole nitrogens is 1. The molecule has 0 saturated carbocycles. The minimum Gasteiger partial charge on any atom is -0.263 e. The Morgan fingerprint density at radius 3 is 3.23 bits per heavy atom. The minimum absolute atomic E-state index is 0.557. The lowest BCUT2D eigenvalue weighted by atomic mass is 10.2. The fourth-order valence-corrected chi connectivity index (χ4v) is 2.79. The third-order valence-electron chi connectivity index (χ3n) is 2.25. The van der Waals surface area contributed by atoms with E-state index in [4.69, 9.17) is 0 Å². The summed E-state index contributed by atoms with van der Waals surface area (Å²) >= 11 is 1.98. The van der Waals surface area contributed by atoms with Gasteiger partial charge in [0.05, 0.1) is 5.25 Å². The standard InChI is InChI=1S/C9H15N3S/c1-2-4-8-10-9(12-11-8)7-5-3-6-13-7/h7H,2-6H2,1H3,(H,10,11,12). The molecule has 13 heavy (non-hydrogen) atoms. The van der Waals surface area contributed by atoms with Crippen molar-refractivity contribution in [2.75, 3.05) is 5.75 Å². The van der Waals surface area contributed by atoms with E-state index in [1.165, 1.54) is 18.6 Å². The lowest BCUT2D eigenvalue weighted by Crippen LogP contribution is -1.91. The van der Waals surface area contributed by atoms with E-state index in [1.807, 2.05) is 11.8 Å². The van der Waals surface area contributed by atoms with Crippen LogP contribution in [0.3, 0.4) is 0 Å². The van der Waals surface area contributed by atoms with Gasteiger partial charge in [0.2, 0.25) is 0 Å². The number of rotatable bonds is 3. The molecule has 2 rings (SSSR count). The molecule has 2 heterocycles. The van der Waals surface area contributed by atoms with Gasteiger partial charge in [-0.05, 0) is 25.0 Å². The van der Waals surface area contributed by atoms with Crippen LogP contribution in [0.5, 0.6) is 0 Å². The molecule has 1 saturated heterocycles. The molecule has 1 fully saturated rings. The summed E-state index contributed by atoms with van der Waals surface area (Å²) in [4.78, 5) is 4.49. The molecular formula is C9H15N3S. The van der Waals surface area contributed by atoms with Crippen LogP contribution in [0, 0.1) is 0 Å². The molecule has 0 aromatic carbocycles. The first-order valence-corrected chi connectivity index (χ1v) is 5.98. The van der Waals surface area contributed by atoms with Crippen molar-refractivity contribution in [1.82, 2.24) is 15.2 Å². The van der Waals surface area contributed by atoms with E-state index >= 15 is 0 Å². The van der Waals surface area contributed by atoms with E-state index in [0.717, 1.165) is 24.5 Å². The van der Waals surface area contributed by atoms with Gasteiger partial charge in [-0.3, -0.25) is 5.10 Å². The maximum atomic E-state index is 4.49. The Labute approximate surface area is 82.7 Å². The zero-order valence-electron chi connectivity index (χ0n) is 7.92. The quantitative estimate of drug-likeness (QED) is 0.808. The van der Waals surface area contributed by atoms with Crippen molar-refractivity contribution in [3.63, 3.8) is 0 Å².